The molecule has 4 aliphatic carbocycles. The van der Waals surface area contributed by atoms with Gasteiger partial charge in [0.1, 0.15) is 5.78 Å². The molecule has 25 heavy (non-hydrogen) atoms. The molecule has 0 spiro atoms. The molecule has 0 aromatic carbocycles. The molecule has 0 aromatic heterocycles. The standard InChI is InChI=1S/C22H33BrO2/c1-13-10-16-14(15-6-8-21(2,25)11-17(13)15)7-9-22(3)18(16)4-5-19(22)20(24)12-23/h14-16,18-19,25H,4-12H2,1-3H3/t14-,15-,16-,18+,19-,21+,22+/m1/s1. The lowest BCUT2D eigenvalue weighted by molar-refractivity contribution is -0.126. The van der Waals surface area contributed by atoms with Crippen molar-refractivity contribution in [1.82, 2.24) is 0 Å². The molecule has 4 aliphatic rings. The summed E-state index contributed by atoms with van der Waals surface area (Å²) in [5.74, 6) is 3.69. The lowest BCUT2D eigenvalue weighted by Crippen LogP contribution is -2.49. The third kappa shape index (κ3) is 2.79. The van der Waals surface area contributed by atoms with Gasteiger partial charge in [0.25, 0.3) is 0 Å². The summed E-state index contributed by atoms with van der Waals surface area (Å²) in [4.78, 5) is 12.5. The molecule has 3 saturated carbocycles. The lowest BCUT2D eigenvalue weighted by Gasteiger charge is -2.55. The van der Waals surface area contributed by atoms with Gasteiger partial charge < -0.3 is 5.11 Å². The predicted molar refractivity (Wildman–Crippen MR) is 105 cm³/mol. The van der Waals surface area contributed by atoms with Gasteiger partial charge in [-0.3, -0.25) is 4.79 Å². The molecule has 3 heteroatoms. The number of allylic oxidation sites excluding steroid dienone is 1. The number of halogens is 1. The van der Waals surface area contributed by atoms with E-state index in [-0.39, 0.29) is 11.3 Å². The van der Waals surface area contributed by atoms with E-state index in [1.807, 2.05) is 6.92 Å². The Kier molecular flexibility index (Phi) is 4.51. The Morgan fingerprint density at radius 3 is 2.64 bits per heavy atom. The normalized spacial score (nSPS) is 49.4. The highest BCUT2D eigenvalue weighted by Crippen LogP contribution is 2.64. The highest BCUT2D eigenvalue weighted by Gasteiger charge is 2.58. The Morgan fingerprint density at radius 1 is 1.16 bits per heavy atom. The maximum Gasteiger partial charge on any atom is 0.147 e. The number of rotatable bonds is 2. The second-order valence-electron chi connectivity index (χ2n) is 10.0. The summed E-state index contributed by atoms with van der Waals surface area (Å²) in [6, 6.07) is 0. The molecule has 0 unspecified atom stereocenters. The number of aliphatic hydroxyl groups is 1. The van der Waals surface area contributed by atoms with E-state index in [2.05, 4.69) is 29.8 Å². The van der Waals surface area contributed by atoms with Crippen LogP contribution in [-0.2, 0) is 4.79 Å². The fourth-order valence-electron chi connectivity index (χ4n) is 7.43. The zero-order valence-corrected chi connectivity index (χ0v) is 17.6. The minimum Gasteiger partial charge on any atom is -0.390 e. The number of fused-ring (bicyclic) bond motifs is 5. The molecule has 0 aliphatic heterocycles. The van der Waals surface area contributed by atoms with E-state index in [9.17, 15) is 9.90 Å². The summed E-state index contributed by atoms with van der Waals surface area (Å²) in [5.41, 5.74) is 2.88. The lowest BCUT2D eigenvalue weighted by atomic mass is 9.50. The Balaban J connectivity index is 1.63. The van der Waals surface area contributed by atoms with Gasteiger partial charge in [0.2, 0.25) is 0 Å². The van der Waals surface area contributed by atoms with E-state index in [0.717, 1.165) is 43.4 Å². The number of carbonyl (C=O) groups excluding carboxylic acids is 1. The maximum absolute atomic E-state index is 12.5. The second-order valence-corrected chi connectivity index (χ2v) is 10.6. The highest BCUT2D eigenvalue weighted by molar-refractivity contribution is 9.09. The summed E-state index contributed by atoms with van der Waals surface area (Å²) in [6.45, 7) is 6.76. The van der Waals surface area contributed by atoms with E-state index < -0.39 is 5.60 Å². The van der Waals surface area contributed by atoms with Gasteiger partial charge in [0.05, 0.1) is 10.9 Å². The molecule has 0 radical (unpaired) electrons. The van der Waals surface area contributed by atoms with Crippen LogP contribution in [-0.4, -0.2) is 21.8 Å². The number of alkyl halides is 1. The molecule has 3 fully saturated rings. The fourth-order valence-corrected chi connectivity index (χ4v) is 7.82. The topological polar surface area (TPSA) is 37.3 Å². The molecule has 1 N–H and O–H groups in total. The minimum absolute atomic E-state index is 0.226. The van der Waals surface area contributed by atoms with Crippen LogP contribution in [0.3, 0.4) is 0 Å². The third-order valence-electron chi connectivity index (χ3n) is 8.63. The molecule has 2 nitrogen and oxygen atoms in total. The Bertz CT molecular complexity index is 607. The Morgan fingerprint density at radius 2 is 1.92 bits per heavy atom. The van der Waals surface area contributed by atoms with E-state index in [4.69, 9.17) is 0 Å². The van der Waals surface area contributed by atoms with Crippen LogP contribution in [0.5, 0.6) is 0 Å². The molecule has 0 amide bonds. The van der Waals surface area contributed by atoms with Crippen LogP contribution in [0, 0.1) is 35.0 Å². The average Bonchev–Trinajstić information content (AvgIpc) is 2.91. The zero-order valence-electron chi connectivity index (χ0n) is 16.0. The van der Waals surface area contributed by atoms with E-state index in [0.29, 0.717) is 17.0 Å². The molecule has 0 saturated heterocycles. The largest absolute Gasteiger partial charge is 0.390 e. The van der Waals surface area contributed by atoms with E-state index in [1.165, 1.54) is 25.7 Å². The van der Waals surface area contributed by atoms with Crippen LogP contribution in [0.2, 0.25) is 0 Å². The van der Waals surface area contributed by atoms with Crippen LogP contribution in [0.25, 0.3) is 0 Å². The van der Waals surface area contributed by atoms with Crippen LogP contribution >= 0.6 is 15.9 Å². The quantitative estimate of drug-likeness (QED) is 0.498. The van der Waals surface area contributed by atoms with Crippen molar-refractivity contribution in [2.24, 2.45) is 35.0 Å². The van der Waals surface area contributed by atoms with Crippen molar-refractivity contribution < 1.29 is 9.90 Å². The zero-order chi connectivity index (χ0) is 18.0. The molecule has 4 rings (SSSR count). The van der Waals surface area contributed by atoms with Crippen molar-refractivity contribution in [3.63, 3.8) is 0 Å². The molecular formula is C22H33BrO2. The molecular weight excluding hydrogens is 376 g/mol. The molecule has 0 heterocycles. The van der Waals surface area contributed by atoms with E-state index >= 15 is 0 Å². The van der Waals surface area contributed by atoms with Gasteiger partial charge in [0, 0.05) is 5.92 Å². The Hall–Kier alpha value is -0.150. The van der Waals surface area contributed by atoms with Gasteiger partial charge in [0.15, 0.2) is 0 Å². The second kappa shape index (κ2) is 6.19. The van der Waals surface area contributed by atoms with Crippen molar-refractivity contribution in [2.45, 2.75) is 77.7 Å². The summed E-state index contributed by atoms with van der Waals surface area (Å²) < 4.78 is 0. The smallest absolute Gasteiger partial charge is 0.147 e. The number of ketones is 1. The molecule has 140 valence electrons. The van der Waals surface area contributed by atoms with Crippen molar-refractivity contribution >= 4 is 21.7 Å². The summed E-state index contributed by atoms with van der Waals surface area (Å²) in [6.07, 6.45) is 9.06. The van der Waals surface area contributed by atoms with Gasteiger partial charge in [-0.2, -0.15) is 0 Å². The van der Waals surface area contributed by atoms with Gasteiger partial charge in [-0.05, 0) is 94.3 Å². The van der Waals surface area contributed by atoms with Gasteiger partial charge in [-0.15, -0.1) is 0 Å². The predicted octanol–water partition coefficient (Wildman–Crippen LogP) is 5.28. The monoisotopic (exact) mass is 408 g/mol. The number of Topliss-reactive ketones (excluding diaryl/α,β-unsaturated/α-hetero) is 1. The van der Waals surface area contributed by atoms with Crippen LogP contribution in [0.1, 0.15) is 72.1 Å². The molecule has 0 bridgehead atoms. The average molecular weight is 409 g/mol. The third-order valence-corrected chi connectivity index (χ3v) is 9.19. The first kappa shape index (κ1) is 18.2. The van der Waals surface area contributed by atoms with Crippen LogP contribution < -0.4 is 0 Å². The number of hydrogen-bond donors (Lipinski definition) is 1. The highest BCUT2D eigenvalue weighted by atomic mass is 79.9. The number of carbonyl (C=O) groups is 1. The maximum atomic E-state index is 12.5. The number of hydrogen-bond acceptors (Lipinski definition) is 2. The first-order valence-corrected chi connectivity index (χ1v) is 11.4. The van der Waals surface area contributed by atoms with Gasteiger partial charge in [-0.25, -0.2) is 0 Å². The van der Waals surface area contributed by atoms with Crippen LogP contribution in [0.4, 0.5) is 0 Å². The van der Waals surface area contributed by atoms with Crippen molar-refractivity contribution in [2.75, 3.05) is 5.33 Å². The van der Waals surface area contributed by atoms with Crippen molar-refractivity contribution in [1.29, 1.82) is 0 Å². The fraction of sp³-hybridized carbons (Fsp3) is 0.864. The van der Waals surface area contributed by atoms with Crippen molar-refractivity contribution in [3.8, 4) is 0 Å². The van der Waals surface area contributed by atoms with Crippen LogP contribution in [0.15, 0.2) is 11.1 Å². The first-order chi connectivity index (χ1) is 11.8. The van der Waals surface area contributed by atoms with Crippen molar-refractivity contribution in [3.05, 3.63) is 11.1 Å². The van der Waals surface area contributed by atoms with Gasteiger partial charge >= 0.3 is 0 Å². The Labute approximate surface area is 161 Å². The summed E-state index contributed by atoms with van der Waals surface area (Å²) in [7, 11) is 0. The first-order valence-electron chi connectivity index (χ1n) is 10.3. The summed E-state index contributed by atoms with van der Waals surface area (Å²) in [5, 5.41) is 11.1. The van der Waals surface area contributed by atoms with Gasteiger partial charge in [-0.1, -0.05) is 34.0 Å². The summed E-state index contributed by atoms with van der Waals surface area (Å²) >= 11 is 3.42. The van der Waals surface area contributed by atoms with E-state index in [1.54, 1.807) is 11.1 Å². The SMILES string of the molecule is CC1=C2C[C@@](C)(O)CC[C@@H]2[C@H]2CC[C@]3(C)[C@@H](C(=O)CBr)CC[C@H]3[C@@H]2C1. The molecule has 0 aromatic rings. The minimum atomic E-state index is -0.496. The molecule has 7 atom stereocenters.